The maximum atomic E-state index is 12.6. The summed E-state index contributed by atoms with van der Waals surface area (Å²) in [6, 6.07) is 15.3. The van der Waals surface area contributed by atoms with Gasteiger partial charge in [-0.15, -0.1) is 24.0 Å². The molecule has 1 aliphatic heterocycles. The maximum absolute atomic E-state index is 12.6. The average molecular weight is 552 g/mol. The Morgan fingerprint density at radius 3 is 2.25 bits per heavy atom. The van der Waals surface area contributed by atoms with Gasteiger partial charge in [0.1, 0.15) is 18.1 Å². The Morgan fingerprint density at radius 1 is 0.969 bits per heavy atom. The number of ether oxygens (including phenoxy) is 2. The first-order valence-corrected chi connectivity index (χ1v) is 10.8. The van der Waals surface area contributed by atoms with Crippen LogP contribution in [0.4, 0.5) is 0 Å². The molecule has 0 spiro atoms. The van der Waals surface area contributed by atoms with Crippen LogP contribution in [-0.2, 0) is 6.54 Å². The molecule has 0 aromatic heterocycles. The van der Waals surface area contributed by atoms with Gasteiger partial charge in [0.05, 0.1) is 13.7 Å². The van der Waals surface area contributed by atoms with Gasteiger partial charge < -0.3 is 25.0 Å². The van der Waals surface area contributed by atoms with E-state index in [2.05, 4.69) is 15.6 Å². The summed E-state index contributed by atoms with van der Waals surface area (Å²) in [4.78, 5) is 18.8. The highest BCUT2D eigenvalue weighted by Crippen LogP contribution is 2.17. The quantitative estimate of drug-likeness (QED) is 0.226. The van der Waals surface area contributed by atoms with E-state index in [9.17, 15) is 4.79 Å². The Labute approximate surface area is 207 Å². The molecule has 1 amide bonds. The number of halogens is 1. The third-order valence-corrected chi connectivity index (χ3v) is 5.25. The average Bonchev–Trinajstić information content (AvgIpc) is 2.84. The fourth-order valence-electron chi connectivity index (χ4n) is 3.46. The lowest BCUT2D eigenvalue weighted by Crippen LogP contribution is -2.38. The highest BCUT2D eigenvalue weighted by Gasteiger charge is 2.17. The molecule has 1 saturated heterocycles. The van der Waals surface area contributed by atoms with Gasteiger partial charge in [0, 0.05) is 32.2 Å². The van der Waals surface area contributed by atoms with E-state index in [-0.39, 0.29) is 29.9 Å². The molecular weight excluding hydrogens is 519 g/mol. The number of carbonyl (C=O) groups excluding carboxylic acids is 1. The van der Waals surface area contributed by atoms with Crippen LogP contribution in [0.2, 0.25) is 0 Å². The van der Waals surface area contributed by atoms with Crippen molar-refractivity contribution in [3.63, 3.8) is 0 Å². The molecule has 8 heteroatoms. The summed E-state index contributed by atoms with van der Waals surface area (Å²) >= 11 is 0. The van der Waals surface area contributed by atoms with E-state index in [0.717, 1.165) is 48.6 Å². The molecule has 32 heavy (non-hydrogen) atoms. The maximum Gasteiger partial charge on any atom is 0.253 e. The Bertz CT molecular complexity index is 851. The summed E-state index contributed by atoms with van der Waals surface area (Å²) in [6.07, 6.45) is 3.42. The van der Waals surface area contributed by atoms with Gasteiger partial charge in [-0.2, -0.15) is 0 Å². The SMILES string of the molecule is CN=C(NCCOc1ccc(OC)cc1)NCc1ccc(C(=O)N2CCCCC2)cc1.I. The van der Waals surface area contributed by atoms with Crippen LogP contribution in [0, 0.1) is 0 Å². The number of rotatable bonds is 8. The molecule has 174 valence electrons. The highest BCUT2D eigenvalue weighted by atomic mass is 127. The normalized spacial score (nSPS) is 13.7. The van der Waals surface area contributed by atoms with Crippen molar-refractivity contribution < 1.29 is 14.3 Å². The van der Waals surface area contributed by atoms with Crippen LogP contribution in [0.15, 0.2) is 53.5 Å². The molecule has 7 nitrogen and oxygen atoms in total. The first-order valence-electron chi connectivity index (χ1n) is 10.8. The second-order valence-electron chi connectivity index (χ2n) is 7.43. The molecule has 1 aliphatic rings. The second kappa shape index (κ2) is 13.8. The van der Waals surface area contributed by atoms with Crippen LogP contribution in [0.1, 0.15) is 35.2 Å². The highest BCUT2D eigenvalue weighted by molar-refractivity contribution is 14.0. The number of guanidine groups is 1. The van der Waals surface area contributed by atoms with Gasteiger partial charge in [-0.1, -0.05) is 12.1 Å². The molecule has 3 rings (SSSR count). The summed E-state index contributed by atoms with van der Waals surface area (Å²) in [7, 11) is 3.38. The number of nitrogens with one attached hydrogen (secondary N) is 2. The predicted octanol–water partition coefficient (Wildman–Crippen LogP) is 3.68. The molecule has 2 N–H and O–H groups in total. The Balaban J connectivity index is 0.00000363. The van der Waals surface area contributed by atoms with Crippen molar-refractivity contribution in [1.29, 1.82) is 0 Å². The Kier molecular flexibility index (Phi) is 11.1. The summed E-state index contributed by atoms with van der Waals surface area (Å²) in [5.41, 5.74) is 1.84. The van der Waals surface area contributed by atoms with Crippen molar-refractivity contribution in [2.45, 2.75) is 25.8 Å². The van der Waals surface area contributed by atoms with Gasteiger partial charge in [0.2, 0.25) is 0 Å². The van der Waals surface area contributed by atoms with E-state index in [1.165, 1.54) is 6.42 Å². The Morgan fingerprint density at radius 2 is 1.62 bits per heavy atom. The van der Waals surface area contributed by atoms with Gasteiger partial charge in [0.15, 0.2) is 5.96 Å². The number of nitrogens with zero attached hydrogens (tertiary/aromatic N) is 2. The lowest BCUT2D eigenvalue weighted by atomic mass is 10.1. The van der Waals surface area contributed by atoms with Gasteiger partial charge in [-0.3, -0.25) is 9.79 Å². The summed E-state index contributed by atoms with van der Waals surface area (Å²) in [5.74, 6) is 2.43. The van der Waals surface area contributed by atoms with E-state index in [0.29, 0.717) is 25.7 Å². The number of aliphatic imine (C=N–C) groups is 1. The monoisotopic (exact) mass is 552 g/mol. The van der Waals surface area contributed by atoms with Crippen molar-refractivity contribution in [2.75, 3.05) is 40.4 Å². The molecule has 1 fully saturated rings. The van der Waals surface area contributed by atoms with Crippen molar-refractivity contribution in [3.8, 4) is 11.5 Å². The first-order chi connectivity index (χ1) is 15.2. The van der Waals surface area contributed by atoms with Gasteiger partial charge in [-0.25, -0.2) is 0 Å². The molecule has 0 unspecified atom stereocenters. The van der Waals surface area contributed by atoms with Crippen molar-refractivity contribution in [2.24, 2.45) is 4.99 Å². The molecular formula is C24H33IN4O3. The summed E-state index contributed by atoms with van der Waals surface area (Å²) < 4.78 is 10.9. The van der Waals surface area contributed by atoms with E-state index in [1.807, 2.05) is 53.4 Å². The van der Waals surface area contributed by atoms with Crippen molar-refractivity contribution in [3.05, 3.63) is 59.7 Å². The molecule has 0 bridgehead atoms. The van der Waals surface area contributed by atoms with Gasteiger partial charge >= 0.3 is 0 Å². The van der Waals surface area contributed by atoms with Crippen molar-refractivity contribution >= 4 is 35.8 Å². The number of hydrogen-bond acceptors (Lipinski definition) is 4. The Hall–Kier alpha value is -2.49. The molecule has 1 heterocycles. The topological polar surface area (TPSA) is 75.2 Å². The zero-order valence-corrected chi connectivity index (χ0v) is 21.1. The van der Waals surface area contributed by atoms with Crippen LogP contribution >= 0.6 is 24.0 Å². The van der Waals surface area contributed by atoms with Crippen LogP contribution in [0.5, 0.6) is 11.5 Å². The zero-order chi connectivity index (χ0) is 21.9. The molecule has 0 saturated carbocycles. The number of methoxy groups -OCH3 is 1. The molecule has 0 aliphatic carbocycles. The van der Waals surface area contributed by atoms with Crippen molar-refractivity contribution in [1.82, 2.24) is 15.5 Å². The summed E-state index contributed by atoms with van der Waals surface area (Å²) in [5, 5.41) is 6.52. The number of piperidine rings is 1. The zero-order valence-electron chi connectivity index (χ0n) is 18.8. The van der Waals surface area contributed by atoms with Crippen LogP contribution in [0.3, 0.4) is 0 Å². The van der Waals surface area contributed by atoms with Gasteiger partial charge in [0.25, 0.3) is 5.91 Å². The third-order valence-electron chi connectivity index (χ3n) is 5.25. The number of hydrogen-bond donors (Lipinski definition) is 2. The minimum atomic E-state index is 0. The number of amides is 1. The standard InChI is InChI=1S/C24H32N4O3.HI/c1-25-24(26-14-17-31-22-12-10-21(30-2)11-13-22)27-18-19-6-8-20(9-7-19)23(29)28-15-4-3-5-16-28;/h6-13H,3-5,14-18H2,1-2H3,(H2,25,26,27);1H. The largest absolute Gasteiger partial charge is 0.497 e. The minimum absolute atomic E-state index is 0. The molecule has 0 radical (unpaired) electrons. The lowest BCUT2D eigenvalue weighted by Gasteiger charge is -2.26. The number of carbonyl (C=O) groups is 1. The minimum Gasteiger partial charge on any atom is -0.497 e. The van der Waals surface area contributed by atoms with E-state index >= 15 is 0 Å². The number of benzene rings is 2. The van der Waals surface area contributed by atoms with Crippen LogP contribution in [-0.4, -0.2) is 57.2 Å². The molecule has 2 aromatic carbocycles. The fourth-order valence-corrected chi connectivity index (χ4v) is 3.46. The number of likely N-dealkylation sites (tertiary alicyclic amines) is 1. The van der Waals surface area contributed by atoms with E-state index in [1.54, 1.807) is 14.2 Å². The van der Waals surface area contributed by atoms with E-state index < -0.39 is 0 Å². The van der Waals surface area contributed by atoms with Crippen LogP contribution < -0.4 is 20.1 Å². The van der Waals surface area contributed by atoms with E-state index in [4.69, 9.17) is 9.47 Å². The summed E-state index contributed by atoms with van der Waals surface area (Å²) in [6.45, 7) is 3.49. The van der Waals surface area contributed by atoms with Gasteiger partial charge in [-0.05, 0) is 61.2 Å². The smallest absolute Gasteiger partial charge is 0.253 e. The predicted molar refractivity (Wildman–Crippen MR) is 138 cm³/mol. The second-order valence-corrected chi connectivity index (χ2v) is 7.43. The third kappa shape index (κ3) is 7.89. The molecule has 0 atom stereocenters. The molecule has 2 aromatic rings. The fraction of sp³-hybridized carbons (Fsp3) is 0.417. The van der Waals surface area contributed by atoms with Crippen LogP contribution in [0.25, 0.3) is 0 Å². The first kappa shape index (κ1) is 25.8. The lowest BCUT2D eigenvalue weighted by molar-refractivity contribution is 0.0724.